The molecule has 4 rings (SSSR count). The van der Waals surface area contributed by atoms with E-state index < -0.39 is 7.29 Å². The maximum Gasteiger partial charge on any atom is 0.204 e. The van der Waals surface area contributed by atoms with Crippen molar-refractivity contribution in [2.24, 2.45) is 11.8 Å². The first-order valence-corrected chi connectivity index (χ1v) is 13.4. The van der Waals surface area contributed by atoms with Crippen molar-refractivity contribution < 1.29 is 4.57 Å². The van der Waals surface area contributed by atoms with Gasteiger partial charge in [-0.15, -0.1) is 0 Å². The molecular formula is C26H36NOP. The first kappa shape index (κ1) is 20.9. The molecule has 0 radical (unpaired) electrons. The van der Waals surface area contributed by atoms with Crippen LogP contribution < -0.4 is 15.7 Å². The maximum atomic E-state index is 14.5. The van der Waals surface area contributed by atoms with Gasteiger partial charge in [0.25, 0.3) is 0 Å². The number of hydrogen-bond acceptors (Lipinski definition) is 1. The molecule has 0 unspecified atom stereocenters. The molecular weight excluding hydrogens is 373 g/mol. The van der Waals surface area contributed by atoms with Gasteiger partial charge in [-0.25, -0.2) is 0 Å². The topological polar surface area (TPSA) is 29.1 Å². The molecule has 0 aliphatic heterocycles. The van der Waals surface area contributed by atoms with Crippen molar-refractivity contribution in [2.75, 3.05) is 0 Å². The van der Waals surface area contributed by atoms with Gasteiger partial charge in [0.1, 0.15) is 0 Å². The predicted molar refractivity (Wildman–Crippen MR) is 124 cm³/mol. The molecule has 0 heterocycles. The smallest absolute Gasteiger partial charge is 0.204 e. The highest BCUT2D eigenvalue weighted by molar-refractivity contribution is 7.76. The molecule has 2 aliphatic carbocycles. The minimum atomic E-state index is -2.85. The van der Waals surface area contributed by atoms with Crippen molar-refractivity contribution in [1.29, 1.82) is 0 Å². The Hall–Kier alpha value is -1.37. The van der Waals surface area contributed by atoms with Gasteiger partial charge in [0, 0.05) is 16.7 Å². The van der Waals surface area contributed by atoms with Crippen LogP contribution in [0.3, 0.4) is 0 Å². The summed E-state index contributed by atoms with van der Waals surface area (Å²) in [7, 11) is -2.85. The van der Waals surface area contributed by atoms with Crippen molar-refractivity contribution in [2.45, 2.75) is 76.7 Å². The summed E-state index contributed by atoms with van der Waals surface area (Å²) in [5, 5.41) is 5.67. The summed E-state index contributed by atoms with van der Waals surface area (Å²) in [6.07, 6.45) is 14.6. The molecule has 1 atom stereocenters. The molecule has 156 valence electrons. The quantitative estimate of drug-likeness (QED) is 0.509. The summed E-state index contributed by atoms with van der Waals surface area (Å²) in [5.41, 5.74) is 0. The zero-order valence-corrected chi connectivity index (χ0v) is 18.5. The fourth-order valence-electron chi connectivity index (χ4n) is 5.51. The van der Waals surface area contributed by atoms with Crippen LogP contribution in [0.2, 0.25) is 0 Å². The van der Waals surface area contributed by atoms with Gasteiger partial charge in [-0.1, -0.05) is 94.2 Å². The predicted octanol–water partition coefficient (Wildman–Crippen LogP) is 6.42. The first-order valence-electron chi connectivity index (χ1n) is 11.7. The van der Waals surface area contributed by atoms with E-state index in [2.05, 4.69) is 5.09 Å². The van der Waals surface area contributed by atoms with E-state index in [-0.39, 0.29) is 0 Å². The summed E-state index contributed by atoms with van der Waals surface area (Å²) in [6, 6.07) is 20.6. The lowest BCUT2D eigenvalue weighted by atomic mass is 9.83. The Bertz CT molecular complexity index is 735. The summed E-state index contributed by atoms with van der Waals surface area (Å²) in [4.78, 5) is 0. The number of nitrogens with one attached hydrogen (secondary N) is 1. The van der Waals surface area contributed by atoms with Gasteiger partial charge in [-0.05, 0) is 48.9 Å². The lowest BCUT2D eigenvalue weighted by molar-refractivity contribution is 0.288. The third-order valence-electron chi connectivity index (χ3n) is 7.04. The van der Waals surface area contributed by atoms with Crippen LogP contribution in [0.25, 0.3) is 0 Å². The van der Waals surface area contributed by atoms with Crippen LogP contribution in [0.4, 0.5) is 0 Å². The molecule has 0 spiro atoms. The largest absolute Gasteiger partial charge is 0.297 e. The molecule has 0 amide bonds. The van der Waals surface area contributed by atoms with E-state index in [0.29, 0.717) is 6.04 Å². The van der Waals surface area contributed by atoms with Gasteiger partial charge in [0.15, 0.2) is 0 Å². The van der Waals surface area contributed by atoms with Crippen molar-refractivity contribution >= 4 is 17.9 Å². The van der Waals surface area contributed by atoms with Crippen molar-refractivity contribution in [3.05, 3.63) is 60.7 Å². The lowest BCUT2D eigenvalue weighted by Gasteiger charge is -2.32. The number of benzene rings is 2. The van der Waals surface area contributed by atoms with Gasteiger partial charge in [-0.3, -0.25) is 9.65 Å². The number of rotatable bonds is 8. The molecule has 2 aromatic rings. The summed E-state index contributed by atoms with van der Waals surface area (Å²) < 4.78 is 14.5. The van der Waals surface area contributed by atoms with E-state index in [9.17, 15) is 4.57 Å². The third-order valence-corrected chi connectivity index (χ3v) is 9.82. The second kappa shape index (κ2) is 10.1. The molecule has 0 saturated heterocycles. The Morgan fingerprint density at radius 2 is 1.10 bits per heavy atom. The van der Waals surface area contributed by atoms with Gasteiger partial charge in [0.05, 0.1) is 0 Å². The third kappa shape index (κ3) is 5.41. The Morgan fingerprint density at radius 1 is 0.690 bits per heavy atom. The average Bonchev–Trinajstić information content (AvgIpc) is 3.28. The standard InChI is InChI=1S/C26H36NOP/c28-29(25-16-6-2-7-17-25,26-18-8-3-9-19-26)27-24(21-23-14-10-11-15-23)20-22-12-4-1-5-13-22/h2-3,6-9,16-19,22-24H,1,4-5,10-15,20-21H2,(H,27,28)/t24-/m1/s1. The van der Waals surface area contributed by atoms with Crippen LogP contribution in [0.1, 0.15) is 70.6 Å². The SMILES string of the molecule is O=P(N[C@H](CC1CCCCC1)CC1CCCC1)(c1ccccc1)c1ccccc1. The highest BCUT2D eigenvalue weighted by atomic mass is 31.2. The zero-order chi connectivity index (χ0) is 19.9. The molecule has 3 heteroatoms. The van der Waals surface area contributed by atoms with E-state index in [4.69, 9.17) is 0 Å². The fraction of sp³-hybridized carbons (Fsp3) is 0.538. The Kier molecular flexibility index (Phi) is 7.27. The molecule has 2 aromatic carbocycles. The highest BCUT2D eigenvalue weighted by Gasteiger charge is 2.33. The molecule has 0 aromatic heterocycles. The molecule has 2 fully saturated rings. The second-order valence-corrected chi connectivity index (χ2v) is 11.7. The Labute approximate surface area is 176 Å². The van der Waals surface area contributed by atoms with E-state index in [1.54, 1.807) is 0 Å². The minimum Gasteiger partial charge on any atom is -0.297 e. The van der Waals surface area contributed by atoms with E-state index in [1.807, 2.05) is 60.7 Å². The molecule has 2 aliphatic rings. The van der Waals surface area contributed by atoms with Gasteiger partial charge in [-0.2, -0.15) is 0 Å². The average molecular weight is 410 g/mol. The van der Waals surface area contributed by atoms with Crippen molar-refractivity contribution in [1.82, 2.24) is 5.09 Å². The summed E-state index contributed by atoms with van der Waals surface area (Å²) in [5.74, 6) is 1.60. The normalized spacial score (nSPS) is 20.0. The first-order chi connectivity index (χ1) is 14.2. The van der Waals surface area contributed by atoms with Gasteiger partial charge < -0.3 is 0 Å². The van der Waals surface area contributed by atoms with Crippen LogP contribution in [-0.2, 0) is 4.57 Å². The highest BCUT2D eigenvalue weighted by Crippen LogP contribution is 2.42. The number of hydrogen-bond donors (Lipinski definition) is 1. The van der Waals surface area contributed by atoms with Crippen molar-refractivity contribution in [3.63, 3.8) is 0 Å². The summed E-state index contributed by atoms with van der Waals surface area (Å²) >= 11 is 0. The zero-order valence-electron chi connectivity index (χ0n) is 17.6. The molecule has 29 heavy (non-hydrogen) atoms. The van der Waals surface area contributed by atoms with E-state index in [1.165, 1.54) is 70.6 Å². The van der Waals surface area contributed by atoms with Crippen LogP contribution in [0, 0.1) is 11.8 Å². The lowest BCUT2D eigenvalue weighted by Crippen LogP contribution is -2.37. The molecule has 0 bridgehead atoms. The fourth-order valence-corrected chi connectivity index (χ4v) is 8.01. The van der Waals surface area contributed by atoms with Gasteiger partial charge >= 0.3 is 0 Å². The van der Waals surface area contributed by atoms with Crippen LogP contribution in [-0.4, -0.2) is 6.04 Å². The minimum absolute atomic E-state index is 0.340. The molecule has 2 saturated carbocycles. The van der Waals surface area contributed by atoms with Crippen LogP contribution >= 0.6 is 7.29 Å². The van der Waals surface area contributed by atoms with Crippen LogP contribution in [0.15, 0.2) is 60.7 Å². The second-order valence-electron chi connectivity index (χ2n) is 9.23. The Balaban J connectivity index is 1.61. The molecule has 1 N–H and O–H groups in total. The monoisotopic (exact) mass is 409 g/mol. The van der Waals surface area contributed by atoms with Crippen molar-refractivity contribution in [3.8, 4) is 0 Å². The van der Waals surface area contributed by atoms with E-state index >= 15 is 0 Å². The van der Waals surface area contributed by atoms with Crippen LogP contribution in [0.5, 0.6) is 0 Å². The van der Waals surface area contributed by atoms with E-state index in [0.717, 1.165) is 22.4 Å². The van der Waals surface area contributed by atoms with Gasteiger partial charge in [0.2, 0.25) is 7.29 Å². The molecule has 2 nitrogen and oxygen atoms in total. The Morgan fingerprint density at radius 3 is 1.55 bits per heavy atom. The maximum absolute atomic E-state index is 14.5. The summed E-state index contributed by atoms with van der Waals surface area (Å²) in [6.45, 7) is 0.